The molecule has 204 valence electrons. The number of benzene rings is 1. The molecule has 13 heteroatoms. The number of hydrogen-bond donors (Lipinski definition) is 0. The summed E-state index contributed by atoms with van der Waals surface area (Å²) >= 11 is 0. The van der Waals surface area contributed by atoms with E-state index in [0.29, 0.717) is 0 Å². The van der Waals surface area contributed by atoms with Crippen LogP contribution in [0, 0.1) is 0 Å². The minimum atomic E-state index is -4.62. The highest BCUT2D eigenvalue weighted by Gasteiger charge is 2.45. The van der Waals surface area contributed by atoms with Gasteiger partial charge < -0.3 is 28.4 Å². The Morgan fingerprint density at radius 1 is 1.00 bits per heavy atom. The summed E-state index contributed by atoms with van der Waals surface area (Å²) in [6.07, 6.45) is -8.64. The van der Waals surface area contributed by atoms with Crippen molar-refractivity contribution < 1.29 is 60.8 Å². The molecular formula is C24H27F3O10. The maximum atomic E-state index is 13.1. The monoisotopic (exact) mass is 532 g/mol. The fraction of sp³-hybridized carbons (Fsp3) is 0.500. The Kier molecular flexibility index (Phi) is 10.5. The standard InChI is InChI=1S/C24H27F3O10/c1-5-32-23(31)19(10-16-7-6-8-17(9-16)24(25,26)27)36-21-11-18(34-14(3)29)22(35-15(4)30)20(37-21)12-33-13(2)28/h6-10,18,20-22H,5,11-12H2,1-4H3/b19-10-. The Bertz CT molecular complexity index is 1020. The van der Waals surface area contributed by atoms with Crippen molar-refractivity contribution in [3.63, 3.8) is 0 Å². The van der Waals surface area contributed by atoms with Gasteiger partial charge in [-0.25, -0.2) is 4.79 Å². The van der Waals surface area contributed by atoms with Crippen LogP contribution < -0.4 is 0 Å². The molecule has 1 fully saturated rings. The van der Waals surface area contributed by atoms with Crippen LogP contribution >= 0.6 is 0 Å². The lowest BCUT2D eigenvalue weighted by Gasteiger charge is -2.39. The van der Waals surface area contributed by atoms with Crippen molar-refractivity contribution in [3.05, 3.63) is 41.2 Å². The van der Waals surface area contributed by atoms with E-state index < -0.39 is 72.6 Å². The highest BCUT2D eigenvalue weighted by molar-refractivity contribution is 5.91. The molecule has 0 radical (unpaired) electrons. The van der Waals surface area contributed by atoms with Crippen molar-refractivity contribution in [2.24, 2.45) is 0 Å². The molecule has 1 aliphatic rings. The lowest BCUT2D eigenvalue weighted by atomic mass is 10.0. The van der Waals surface area contributed by atoms with Gasteiger partial charge in [-0.1, -0.05) is 12.1 Å². The van der Waals surface area contributed by atoms with Crippen LogP contribution in [-0.2, 0) is 53.8 Å². The predicted molar refractivity (Wildman–Crippen MR) is 118 cm³/mol. The second kappa shape index (κ2) is 13.1. The number of ether oxygens (including phenoxy) is 6. The summed E-state index contributed by atoms with van der Waals surface area (Å²) in [5.41, 5.74) is -0.960. The highest BCUT2D eigenvalue weighted by atomic mass is 19.4. The van der Waals surface area contributed by atoms with Crippen molar-refractivity contribution in [2.45, 2.75) is 64.9 Å². The molecule has 10 nitrogen and oxygen atoms in total. The molecule has 0 amide bonds. The van der Waals surface area contributed by atoms with Crippen molar-refractivity contribution in [1.29, 1.82) is 0 Å². The van der Waals surface area contributed by atoms with Gasteiger partial charge >= 0.3 is 30.1 Å². The molecule has 0 saturated carbocycles. The van der Waals surface area contributed by atoms with Crippen LogP contribution in [0.1, 0.15) is 45.2 Å². The van der Waals surface area contributed by atoms with Crippen molar-refractivity contribution in [2.75, 3.05) is 13.2 Å². The molecule has 0 aliphatic carbocycles. The van der Waals surface area contributed by atoms with E-state index in [9.17, 15) is 32.3 Å². The number of hydrogen-bond acceptors (Lipinski definition) is 10. The summed E-state index contributed by atoms with van der Waals surface area (Å²) in [4.78, 5) is 47.2. The van der Waals surface area contributed by atoms with Gasteiger partial charge in [-0.15, -0.1) is 0 Å². The Morgan fingerprint density at radius 3 is 2.24 bits per heavy atom. The Labute approximate surface area is 210 Å². The molecule has 2 rings (SSSR count). The molecule has 0 aromatic heterocycles. The fourth-order valence-electron chi connectivity index (χ4n) is 3.41. The van der Waals surface area contributed by atoms with Gasteiger partial charge in [-0.05, 0) is 30.7 Å². The normalized spacial score (nSPS) is 22.0. The fourth-order valence-corrected chi connectivity index (χ4v) is 3.41. The second-order valence-electron chi connectivity index (χ2n) is 7.83. The third-order valence-corrected chi connectivity index (χ3v) is 4.80. The smallest absolute Gasteiger partial charge is 0.416 e. The maximum Gasteiger partial charge on any atom is 0.416 e. The average molecular weight is 532 g/mol. The first-order valence-corrected chi connectivity index (χ1v) is 11.2. The molecule has 1 aliphatic heterocycles. The van der Waals surface area contributed by atoms with Crippen LogP contribution in [0.3, 0.4) is 0 Å². The maximum absolute atomic E-state index is 13.1. The van der Waals surface area contributed by atoms with Crippen molar-refractivity contribution in [1.82, 2.24) is 0 Å². The van der Waals surface area contributed by atoms with Gasteiger partial charge in [0.25, 0.3) is 0 Å². The Balaban J connectivity index is 2.40. The molecule has 1 aromatic carbocycles. The van der Waals surface area contributed by atoms with E-state index in [-0.39, 0.29) is 18.6 Å². The molecule has 4 atom stereocenters. The summed E-state index contributed by atoms with van der Waals surface area (Å²) < 4.78 is 71.2. The van der Waals surface area contributed by atoms with Gasteiger partial charge in [0.15, 0.2) is 6.10 Å². The molecule has 0 spiro atoms. The van der Waals surface area contributed by atoms with Crippen LogP contribution in [0.2, 0.25) is 0 Å². The summed E-state index contributed by atoms with van der Waals surface area (Å²) in [6.45, 7) is 4.41. The molecule has 37 heavy (non-hydrogen) atoms. The summed E-state index contributed by atoms with van der Waals surface area (Å²) in [5, 5.41) is 0. The van der Waals surface area contributed by atoms with E-state index >= 15 is 0 Å². The summed E-state index contributed by atoms with van der Waals surface area (Å²) in [6, 6.07) is 4.16. The van der Waals surface area contributed by atoms with Crippen molar-refractivity contribution >= 4 is 30.0 Å². The number of halogens is 3. The zero-order valence-corrected chi connectivity index (χ0v) is 20.5. The van der Waals surface area contributed by atoms with Crippen molar-refractivity contribution in [3.8, 4) is 0 Å². The van der Waals surface area contributed by atoms with E-state index in [2.05, 4.69) is 0 Å². The molecule has 0 bridgehead atoms. The van der Waals surface area contributed by atoms with E-state index in [4.69, 9.17) is 28.4 Å². The largest absolute Gasteiger partial charge is 0.463 e. The minimum Gasteiger partial charge on any atom is -0.463 e. The third kappa shape index (κ3) is 9.41. The summed E-state index contributed by atoms with van der Waals surface area (Å²) in [7, 11) is 0. The number of rotatable bonds is 9. The van der Waals surface area contributed by atoms with E-state index in [0.717, 1.165) is 45.0 Å². The number of carbonyl (C=O) groups excluding carboxylic acids is 4. The molecule has 1 saturated heterocycles. The van der Waals surface area contributed by atoms with Crippen LogP contribution in [-0.4, -0.2) is 61.7 Å². The van der Waals surface area contributed by atoms with Gasteiger partial charge in [0.2, 0.25) is 12.0 Å². The van der Waals surface area contributed by atoms with Crippen LogP contribution in [0.4, 0.5) is 13.2 Å². The minimum absolute atomic E-state index is 0.0144. The quantitative estimate of drug-likeness (QED) is 0.203. The first kappa shape index (κ1) is 29.6. The highest BCUT2D eigenvalue weighted by Crippen LogP contribution is 2.31. The second-order valence-corrected chi connectivity index (χ2v) is 7.83. The lowest BCUT2D eigenvalue weighted by Crippen LogP contribution is -2.54. The van der Waals surface area contributed by atoms with Crippen LogP contribution in [0.5, 0.6) is 0 Å². The first-order chi connectivity index (χ1) is 17.3. The Morgan fingerprint density at radius 2 is 1.68 bits per heavy atom. The number of esters is 4. The third-order valence-electron chi connectivity index (χ3n) is 4.80. The topological polar surface area (TPSA) is 124 Å². The predicted octanol–water partition coefficient (Wildman–Crippen LogP) is 3.17. The average Bonchev–Trinajstić information content (AvgIpc) is 2.78. The molecule has 1 aromatic rings. The lowest BCUT2D eigenvalue weighted by molar-refractivity contribution is -0.257. The number of alkyl halides is 3. The summed E-state index contributed by atoms with van der Waals surface area (Å²) in [5.74, 6) is -3.61. The van der Waals surface area contributed by atoms with Crippen LogP contribution in [0.15, 0.2) is 30.0 Å². The van der Waals surface area contributed by atoms with E-state index in [1.807, 2.05) is 0 Å². The molecule has 4 unspecified atom stereocenters. The zero-order valence-electron chi connectivity index (χ0n) is 20.5. The van der Waals surface area contributed by atoms with E-state index in [1.165, 1.54) is 13.0 Å². The molecular weight excluding hydrogens is 505 g/mol. The molecule has 0 N–H and O–H groups in total. The van der Waals surface area contributed by atoms with Gasteiger partial charge in [0, 0.05) is 20.8 Å². The SMILES string of the molecule is CCOC(=O)/C(=C/c1cccc(C(F)(F)F)c1)OC1CC(OC(C)=O)C(OC(C)=O)C(COC(C)=O)O1. The van der Waals surface area contributed by atoms with Gasteiger partial charge in [0.1, 0.15) is 18.8 Å². The van der Waals surface area contributed by atoms with Crippen LogP contribution in [0.25, 0.3) is 6.08 Å². The number of carbonyl (C=O) groups is 4. The van der Waals surface area contributed by atoms with Gasteiger partial charge in [-0.3, -0.25) is 14.4 Å². The Hall–Kier alpha value is -3.61. The zero-order chi connectivity index (χ0) is 27.8. The van der Waals surface area contributed by atoms with E-state index in [1.54, 1.807) is 0 Å². The van der Waals surface area contributed by atoms with Gasteiger partial charge in [-0.2, -0.15) is 13.2 Å². The first-order valence-electron chi connectivity index (χ1n) is 11.2. The van der Waals surface area contributed by atoms with Gasteiger partial charge in [0.05, 0.1) is 18.6 Å². The molecule has 1 heterocycles.